The Labute approximate surface area is 464 Å². The number of hydrogen-bond donors (Lipinski definition) is 9. The van der Waals surface area contributed by atoms with Gasteiger partial charge in [-0.2, -0.15) is 8.42 Å². The Balaban J connectivity index is 0.000000205. The highest BCUT2D eigenvalue weighted by Crippen LogP contribution is 2.24. The van der Waals surface area contributed by atoms with Crippen LogP contribution >= 0.6 is 12.6 Å². The number of thiol groups is 1. The molecule has 0 radical (unpaired) electrons. The summed E-state index contributed by atoms with van der Waals surface area (Å²) in [5, 5.41) is 11.1. The van der Waals surface area contributed by atoms with Crippen molar-refractivity contribution in [3.05, 3.63) is 257 Å². The van der Waals surface area contributed by atoms with Gasteiger partial charge in [0.2, 0.25) is 17.7 Å². The molecule has 0 aliphatic carbocycles. The lowest BCUT2D eigenvalue weighted by Gasteiger charge is -2.05. The molecule has 8 rings (SSSR count). The normalized spacial score (nSPS) is 11.0. The largest absolute Gasteiger partial charge is 0.399 e. The van der Waals surface area contributed by atoms with Crippen molar-refractivity contribution in [1.82, 2.24) is 0 Å². The van der Waals surface area contributed by atoms with Crippen LogP contribution in [0.1, 0.15) is 40.3 Å². The molecule has 0 atom stereocenters. The molecule has 0 aliphatic rings. The third-order valence-electron chi connectivity index (χ3n) is 10.6. The van der Waals surface area contributed by atoms with Crippen molar-refractivity contribution in [2.75, 3.05) is 38.9 Å². The minimum atomic E-state index is -4.35. The van der Waals surface area contributed by atoms with E-state index < -0.39 is 10.1 Å². The molecule has 0 saturated carbocycles. The number of benzene rings is 8. The number of nitrogen functional groups attached to an aromatic ring is 4. The van der Waals surface area contributed by atoms with Crippen LogP contribution in [0.3, 0.4) is 0 Å². The summed E-state index contributed by atoms with van der Waals surface area (Å²) in [6, 6.07) is 57.1. The van der Waals surface area contributed by atoms with Crippen LogP contribution in [-0.2, 0) is 24.5 Å². The molecular formula is C62H58N8O7S2. The lowest BCUT2D eigenvalue weighted by molar-refractivity contribution is -0.112. The van der Waals surface area contributed by atoms with E-state index in [4.69, 9.17) is 22.9 Å². The summed E-state index contributed by atoms with van der Waals surface area (Å²) in [6.07, 6.45) is 17.0. The molecule has 400 valence electrons. The van der Waals surface area contributed by atoms with Crippen molar-refractivity contribution in [1.29, 1.82) is 0 Å². The highest BCUT2D eigenvalue weighted by molar-refractivity contribution is 7.86. The molecular weight excluding hydrogens is 1030 g/mol. The van der Waals surface area contributed by atoms with Gasteiger partial charge in [-0.3, -0.25) is 18.9 Å². The van der Waals surface area contributed by atoms with E-state index >= 15 is 0 Å². The Hall–Kier alpha value is -10.1. The lowest BCUT2D eigenvalue weighted by Crippen LogP contribution is -2.08. The number of carbonyl (C=O) groups excluding carboxylic acids is 3. The van der Waals surface area contributed by atoms with Gasteiger partial charge in [0.1, 0.15) is 10.6 Å². The summed E-state index contributed by atoms with van der Waals surface area (Å²) >= 11 is 4.29. The zero-order valence-corrected chi connectivity index (χ0v) is 44.5. The Bertz CT molecular complexity index is 3550. The molecule has 0 saturated heterocycles. The number of carbonyl (C=O) groups is 3. The summed E-state index contributed by atoms with van der Waals surface area (Å²) < 4.78 is 32.0. The number of rotatable bonds is 14. The van der Waals surface area contributed by atoms with Gasteiger partial charge in [0.15, 0.2) is 0 Å². The van der Waals surface area contributed by atoms with Crippen LogP contribution in [0.2, 0.25) is 0 Å². The molecule has 0 fully saturated rings. The van der Waals surface area contributed by atoms with Gasteiger partial charge >= 0.3 is 0 Å². The van der Waals surface area contributed by atoms with Crippen molar-refractivity contribution < 1.29 is 27.4 Å². The number of nitrogens with one attached hydrogen (secondary N) is 3. The third kappa shape index (κ3) is 22.4. The maximum atomic E-state index is 12.0. The molecule has 17 heteroatoms. The number of allylic oxidation sites excluding steroid dienone is 1. The highest BCUT2D eigenvalue weighted by atomic mass is 32.2. The van der Waals surface area contributed by atoms with Crippen molar-refractivity contribution in [2.24, 2.45) is 5.18 Å². The minimum Gasteiger partial charge on any atom is -0.399 e. The molecule has 12 N–H and O–H groups in total. The number of nitrogens with two attached hydrogens (primary N) is 4. The molecule has 15 nitrogen and oxygen atoms in total. The van der Waals surface area contributed by atoms with Gasteiger partial charge in [-0.15, -0.1) is 17.5 Å². The fraction of sp³-hybridized carbons (Fsp3) is 0.0161. The second kappa shape index (κ2) is 31.1. The van der Waals surface area contributed by atoms with E-state index in [1.807, 2.05) is 116 Å². The van der Waals surface area contributed by atoms with E-state index in [1.54, 1.807) is 115 Å². The second-order valence-corrected chi connectivity index (χ2v) is 18.6. The van der Waals surface area contributed by atoms with Gasteiger partial charge in [-0.25, -0.2) is 0 Å². The number of hydrogen-bond acceptors (Lipinski definition) is 12. The fourth-order valence-corrected chi connectivity index (χ4v) is 7.66. The first kappa shape index (κ1) is 59.8. The highest BCUT2D eigenvalue weighted by Gasteiger charge is 2.14. The smallest absolute Gasteiger partial charge is 0.295 e. The van der Waals surface area contributed by atoms with E-state index in [1.165, 1.54) is 30.4 Å². The molecule has 0 unspecified atom stereocenters. The zero-order valence-electron chi connectivity index (χ0n) is 42.8. The predicted molar refractivity (Wildman–Crippen MR) is 328 cm³/mol. The summed E-state index contributed by atoms with van der Waals surface area (Å²) in [7, 11) is -4.35. The van der Waals surface area contributed by atoms with Crippen molar-refractivity contribution in [3.63, 3.8) is 0 Å². The Morgan fingerprint density at radius 1 is 0.456 bits per heavy atom. The van der Waals surface area contributed by atoms with Gasteiger partial charge in [0.05, 0.1) is 0 Å². The van der Waals surface area contributed by atoms with Crippen molar-refractivity contribution >= 4 is 122 Å². The average molecular weight is 1090 g/mol. The molecule has 8 aromatic carbocycles. The zero-order chi connectivity index (χ0) is 57.0. The fourth-order valence-electron chi connectivity index (χ4n) is 6.64. The Morgan fingerprint density at radius 2 is 0.810 bits per heavy atom. The van der Waals surface area contributed by atoms with Crippen LogP contribution in [-0.4, -0.2) is 30.7 Å². The molecule has 79 heavy (non-hydrogen) atoms. The molecule has 0 spiro atoms. The Morgan fingerprint density at radius 3 is 1.22 bits per heavy atom. The average Bonchev–Trinajstić information content (AvgIpc) is 3.45. The number of amides is 3. The molecule has 8 aromatic rings. The third-order valence-corrected chi connectivity index (χ3v) is 11.9. The van der Waals surface area contributed by atoms with Gasteiger partial charge in [0.25, 0.3) is 10.1 Å². The van der Waals surface area contributed by atoms with Crippen LogP contribution in [0, 0.1) is 4.91 Å². The quantitative estimate of drug-likeness (QED) is 0.0123. The summed E-state index contributed by atoms with van der Waals surface area (Å²) in [5.41, 5.74) is 31.8. The summed E-state index contributed by atoms with van der Waals surface area (Å²) in [5.74, 6) is -0.578. The van der Waals surface area contributed by atoms with Crippen LogP contribution in [0.5, 0.6) is 0 Å². The van der Waals surface area contributed by atoms with Crippen LogP contribution in [0.25, 0.3) is 36.5 Å². The number of nitroso groups, excluding NO2 is 1. The number of nitrogens with zero attached hydrogens (tertiary/aromatic N) is 1. The minimum absolute atomic E-state index is 0.132. The van der Waals surface area contributed by atoms with Gasteiger partial charge in [-0.05, 0) is 161 Å². The van der Waals surface area contributed by atoms with E-state index in [0.29, 0.717) is 44.6 Å². The first-order valence-corrected chi connectivity index (χ1v) is 25.9. The molecule has 0 bridgehead atoms. The van der Waals surface area contributed by atoms with Crippen LogP contribution in [0.4, 0.5) is 45.5 Å². The monoisotopic (exact) mass is 1090 g/mol. The first-order chi connectivity index (χ1) is 38.0. The van der Waals surface area contributed by atoms with E-state index in [2.05, 4.69) is 33.8 Å². The standard InChI is InChI=1S/C24H21N3O2.C18H17NO.C14H14N2O3S2.C6H6N2O/c25-20-10-14-22(15-11-20)27-24(29)17-9-19-6-12-21(13-7-19)26-23(28)16-8-18-4-2-1-3-5-18;1-2-6-15-9-12-17(13-10-15)19-18(20)14-11-16-7-4-3-5-8-16;15-11-5-3-9(13(20)7-11)1-2-10-4-6-12(16)8-14(10)21(17,18)19;7-5-1-3-6(8-9)4-2-5/h1-17H,25H2,(H,26,28)(H,27,29);2-14H,1H3,(H,19,20);1-8,20H,15-16H2,(H,17,18,19);1-4H,7H2/b16-8+,17-9+;6-2+,14-11+;2-1+;. The maximum Gasteiger partial charge on any atom is 0.295 e. The maximum absolute atomic E-state index is 12.0. The number of anilines is 7. The second-order valence-electron chi connectivity index (χ2n) is 16.8. The SMILES string of the molecule is C/C=C/c1ccc(NC(=O)/C=C/c2ccccc2)cc1.Nc1ccc(/C=C/c2ccc(N)cc2S(=O)(=O)O)c(S)c1.Nc1ccc(N=O)cc1.Nc1ccc(NC(=O)/C=C/c2ccc(NC(=O)/C=C/c3ccccc3)cc2)cc1. The molecule has 3 amide bonds. The predicted octanol–water partition coefficient (Wildman–Crippen LogP) is 13.2. The van der Waals surface area contributed by atoms with E-state index in [-0.39, 0.29) is 28.3 Å². The first-order valence-electron chi connectivity index (χ1n) is 24.0. The Kier molecular flexibility index (Phi) is 23.5. The van der Waals surface area contributed by atoms with Crippen molar-refractivity contribution in [2.45, 2.75) is 16.7 Å². The van der Waals surface area contributed by atoms with E-state index in [0.717, 1.165) is 33.5 Å². The van der Waals surface area contributed by atoms with Crippen LogP contribution < -0.4 is 38.9 Å². The molecule has 0 aliphatic heterocycles. The molecule has 0 heterocycles. The lowest BCUT2D eigenvalue weighted by atomic mass is 10.1. The topological polar surface area (TPSA) is 275 Å². The van der Waals surface area contributed by atoms with Crippen LogP contribution in [0.15, 0.2) is 233 Å². The van der Waals surface area contributed by atoms with Crippen molar-refractivity contribution in [3.8, 4) is 0 Å². The van der Waals surface area contributed by atoms with Gasteiger partial charge in [0, 0.05) is 62.9 Å². The summed E-state index contributed by atoms with van der Waals surface area (Å²) in [6.45, 7) is 1.98. The van der Waals surface area contributed by atoms with Gasteiger partial charge < -0.3 is 38.9 Å². The van der Waals surface area contributed by atoms with E-state index in [9.17, 15) is 32.3 Å². The molecule has 0 aromatic heterocycles. The summed E-state index contributed by atoms with van der Waals surface area (Å²) in [4.78, 5) is 46.0. The van der Waals surface area contributed by atoms with Gasteiger partial charge in [-0.1, -0.05) is 121 Å².